The first-order chi connectivity index (χ1) is 11.7. The fraction of sp³-hybridized carbons (Fsp3) is 0.316. The van der Waals surface area contributed by atoms with Gasteiger partial charge in [0.05, 0.1) is 25.6 Å². The molecular formula is C19H21BrN2O2. The third-order valence-corrected chi connectivity index (χ3v) is 4.69. The van der Waals surface area contributed by atoms with E-state index in [0.29, 0.717) is 0 Å². The van der Waals surface area contributed by atoms with E-state index in [1.165, 1.54) is 12.8 Å². The molecule has 0 aromatic heterocycles. The molecule has 0 aliphatic carbocycles. The lowest BCUT2D eigenvalue weighted by Crippen LogP contribution is -2.18. The van der Waals surface area contributed by atoms with Gasteiger partial charge < -0.3 is 14.4 Å². The molecule has 1 saturated heterocycles. The van der Waals surface area contributed by atoms with Crippen LogP contribution < -0.4 is 14.4 Å². The smallest absolute Gasteiger partial charge is 0.143 e. The van der Waals surface area contributed by atoms with Gasteiger partial charge in [0.2, 0.25) is 0 Å². The summed E-state index contributed by atoms with van der Waals surface area (Å²) in [5.74, 6) is 1.66. The summed E-state index contributed by atoms with van der Waals surface area (Å²) >= 11 is 3.43. The highest BCUT2D eigenvalue weighted by Crippen LogP contribution is 2.36. The molecule has 0 unspecified atom stereocenters. The van der Waals surface area contributed by atoms with Crippen molar-refractivity contribution in [2.75, 3.05) is 32.2 Å². The van der Waals surface area contributed by atoms with E-state index in [4.69, 9.17) is 9.47 Å². The van der Waals surface area contributed by atoms with E-state index in [-0.39, 0.29) is 0 Å². The van der Waals surface area contributed by atoms with Crippen LogP contribution in [0, 0.1) is 0 Å². The number of benzene rings is 2. The van der Waals surface area contributed by atoms with Gasteiger partial charge in [-0.3, -0.25) is 4.99 Å². The quantitative estimate of drug-likeness (QED) is 0.688. The average Bonchev–Trinajstić information content (AvgIpc) is 3.15. The minimum Gasteiger partial charge on any atom is -0.496 e. The molecule has 0 bridgehead atoms. The Morgan fingerprint density at radius 3 is 2.29 bits per heavy atom. The van der Waals surface area contributed by atoms with Crippen LogP contribution in [0.15, 0.2) is 45.9 Å². The molecule has 0 N–H and O–H groups in total. The first-order valence-electron chi connectivity index (χ1n) is 8.02. The maximum Gasteiger partial charge on any atom is 0.143 e. The van der Waals surface area contributed by atoms with Crippen molar-refractivity contribution in [1.29, 1.82) is 0 Å². The lowest BCUT2D eigenvalue weighted by atomic mass is 10.1. The second-order valence-electron chi connectivity index (χ2n) is 5.69. The maximum atomic E-state index is 5.60. The van der Waals surface area contributed by atoms with Gasteiger partial charge in [-0.1, -0.05) is 15.9 Å². The molecule has 1 aliphatic rings. The standard InChI is InChI=1S/C19H21BrN2O2/c1-23-18-12-17(22-9-3-4-10-22)19(24-2)11-14(18)13-21-16-7-5-15(20)6-8-16/h5-8,11-13H,3-4,9-10H2,1-2H3. The number of hydrogen-bond acceptors (Lipinski definition) is 4. The van der Waals surface area contributed by atoms with Crippen molar-refractivity contribution in [2.24, 2.45) is 4.99 Å². The van der Waals surface area contributed by atoms with E-state index >= 15 is 0 Å². The topological polar surface area (TPSA) is 34.1 Å². The first kappa shape index (κ1) is 16.8. The Morgan fingerprint density at radius 2 is 1.67 bits per heavy atom. The second kappa shape index (κ2) is 7.71. The fourth-order valence-electron chi connectivity index (χ4n) is 2.88. The number of anilines is 1. The van der Waals surface area contributed by atoms with E-state index in [2.05, 4.69) is 25.8 Å². The molecule has 1 fully saturated rings. The van der Waals surface area contributed by atoms with E-state index in [1.807, 2.05) is 42.6 Å². The predicted molar refractivity (Wildman–Crippen MR) is 102 cm³/mol. The molecule has 1 heterocycles. The zero-order valence-electron chi connectivity index (χ0n) is 14.0. The highest BCUT2D eigenvalue weighted by atomic mass is 79.9. The summed E-state index contributed by atoms with van der Waals surface area (Å²) in [6.45, 7) is 2.12. The number of ether oxygens (including phenoxy) is 2. The minimum absolute atomic E-state index is 0.804. The molecule has 2 aromatic carbocycles. The van der Waals surface area contributed by atoms with E-state index in [1.54, 1.807) is 14.2 Å². The summed E-state index contributed by atoms with van der Waals surface area (Å²) in [5.41, 5.74) is 2.88. The number of halogens is 1. The number of nitrogens with zero attached hydrogens (tertiary/aromatic N) is 2. The van der Waals surface area contributed by atoms with Crippen molar-refractivity contribution < 1.29 is 9.47 Å². The van der Waals surface area contributed by atoms with Crippen LogP contribution in [0.25, 0.3) is 0 Å². The van der Waals surface area contributed by atoms with E-state index in [0.717, 1.165) is 46.0 Å². The molecule has 2 aromatic rings. The fourth-order valence-corrected chi connectivity index (χ4v) is 3.15. The van der Waals surface area contributed by atoms with Crippen molar-refractivity contribution in [3.63, 3.8) is 0 Å². The molecule has 0 spiro atoms. The summed E-state index contributed by atoms with van der Waals surface area (Å²) in [6, 6.07) is 11.9. The van der Waals surface area contributed by atoms with Gasteiger partial charge in [-0.05, 0) is 43.2 Å². The molecule has 0 radical (unpaired) electrons. The molecular weight excluding hydrogens is 368 g/mol. The zero-order valence-corrected chi connectivity index (χ0v) is 15.5. The maximum absolute atomic E-state index is 5.60. The van der Waals surface area contributed by atoms with Gasteiger partial charge in [0, 0.05) is 35.4 Å². The van der Waals surface area contributed by atoms with Gasteiger partial charge >= 0.3 is 0 Å². The van der Waals surface area contributed by atoms with Crippen LogP contribution in [-0.4, -0.2) is 33.5 Å². The van der Waals surface area contributed by atoms with Gasteiger partial charge in [-0.25, -0.2) is 0 Å². The van der Waals surface area contributed by atoms with Crippen LogP contribution in [0.4, 0.5) is 11.4 Å². The van der Waals surface area contributed by atoms with Crippen LogP contribution in [0.1, 0.15) is 18.4 Å². The van der Waals surface area contributed by atoms with Crippen molar-refractivity contribution in [3.8, 4) is 11.5 Å². The first-order valence-corrected chi connectivity index (χ1v) is 8.81. The molecule has 1 aliphatic heterocycles. The Morgan fingerprint density at radius 1 is 1.00 bits per heavy atom. The molecule has 24 heavy (non-hydrogen) atoms. The normalized spacial score (nSPS) is 14.4. The lowest BCUT2D eigenvalue weighted by molar-refractivity contribution is 0.402. The minimum atomic E-state index is 0.804. The molecule has 126 valence electrons. The summed E-state index contributed by atoms with van der Waals surface area (Å²) in [6.07, 6.45) is 4.26. The average molecular weight is 389 g/mol. The summed E-state index contributed by atoms with van der Waals surface area (Å²) < 4.78 is 12.2. The van der Waals surface area contributed by atoms with Crippen molar-refractivity contribution in [3.05, 3.63) is 46.4 Å². The van der Waals surface area contributed by atoms with Crippen LogP contribution in [-0.2, 0) is 0 Å². The Hall–Kier alpha value is -2.01. The van der Waals surface area contributed by atoms with Crippen LogP contribution in [0.2, 0.25) is 0 Å². The highest BCUT2D eigenvalue weighted by molar-refractivity contribution is 9.10. The van der Waals surface area contributed by atoms with E-state index in [9.17, 15) is 0 Å². The van der Waals surface area contributed by atoms with E-state index < -0.39 is 0 Å². The van der Waals surface area contributed by atoms with Gasteiger partial charge in [0.15, 0.2) is 0 Å². The Kier molecular flexibility index (Phi) is 5.41. The number of aliphatic imine (C=N–C) groups is 1. The molecule has 4 nitrogen and oxygen atoms in total. The molecule has 0 amide bonds. The van der Waals surface area contributed by atoms with Crippen molar-refractivity contribution in [1.82, 2.24) is 0 Å². The predicted octanol–water partition coefficient (Wildman–Crippen LogP) is 4.82. The highest BCUT2D eigenvalue weighted by Gasteiger charge is 2.19. The molecule has 3 rings (SSSR count). The Balaban J connectivity index is 1.93. The zero-order chi connectivity index (χ0) is 16.9. The van der Waals surface area contributed by atoms with Crippen LogP contribution >= 0.6 is 15.9 Å². The molecule has 0 saturated carbocycles. The van der Waals surface area contributed by atoms with Crippen LogP contribution in [0.5, 0.6) is 11.5 Å². The summed E-state index contributed by atoms with van der Waals surface area (Å²) in [7, 11) is 3.39. The van der Waals surface area contributed by atoms with Gasteiger partial charge in [-0.2, -0.15) is 0 Å². The van der Waals surface area contributed by atoms with Crippen molar-refractivity contribution >= 4 is 33.5 Å². The Bertz CT molecular complexity index is 723. The number of methoxy groups -OCH3 is 2. The van der Waals surface area contributed by atoms with Crippen LogP contribution in [0.3, 0.4) is 0 Å². The third kappa shape index (κ3) is 3.73. The summed E-state index contributed by atoms with van der Waals surface area (Å²) in [5, 5.41) is 0. The molecule has 5 heteroatoms. The number of rotatable bonds is 5. The Labute approximate surface area is 151 Å². The van der Waals surface area contributed by atoms with Gasteiger partial charge in [0.1, 0.15) is 11.5 Å². The molecule has 0 atom stereocenters. The van der Waals surface area contributed by atoms with Gasteiger partial charge in [0.25, 0.3) is 0 Å². The lowest BCUT2D eigenvalue weighted by Gasteiger charge is -2.22. The van der Waals surface area contributed by atoms with Gasteiger partial charge in [-0.15, -0.1) is 0 Å². The second-order valence-corrected chi connectivity index (χ2v) is 6.61. The monoisotopic (exact) mass is 388 g/mol. The SMILES string of the molecule is COc1cc(N2CCCC2)c(OC)cc1C=Nc1ccc(Br)cc1. The largest absolute Gasteiger partial charge is 0.496 e. The summed E-state index contributed by atoms with van der Waals surface area (Å²) in [4.78, 5) is 6.88. The number of hydrogen-bond donors (Lipinski definition) is 0. The third-order valence-electron chi connectivity index (χ3n) is 4.16. The van der Waals surface area contributed by atoms with Crippen molar-refractivity contribution in [2.45, 2.75) is 12.8 Å².